The Morgan fingerprint density at radius 3 is 2.74 bits per heavy atom. The molecule has 1 amide bonds. The van der Waals surface area contributed by atoms with Crippen LogP contribution in [0.25, 0.3) is 0 Å². The van der Waals surface area contributed by atoms with Crippen molar-refractivity contribution in [1.29, 1.82) is 0 Å². The highest BCUT2D eigenvalue weighted by molar-refractivity contribution is 6.34. The monoisotopic (exact) mass is 447 g/mol. The number of aliphatic hydroxyl groups excluding tert-OH is 1. The van der Waals surface area contributed by atoms with Crippen molar-refractivity contribution < 1.29 is 14.6 Å². The molecule has 0 radical (unpaired) electrons. The first-order valence-electron chi connectivity index (χ1n) is 10.6. The molecule has 2 aromatic rings. The maximum Gasteiger partial charge on any atom is 0.254 e. The van der Waals surface area contributed by atoms with Crippen LogP contribution in [0.3, 0.4) is 0 Å². The van der Waals surface area contributed by atoms with Crippen molar-refractivity contribution in [2.45, 2.75) is 44.9 Å². The molecule has 1 aromatic heterocycles. The van der Waals surface area contributed by atoms with Gasteiger partial charge in [-0.05, 0) is 37.1 Å². The number of aromatic nitrogens is 1. The van der Waals surface area contributed by atoms with Crippen LogP contribution >= 0.6 is 11.6 Å². The summed E-state index contributed by atoms with van der Waals surface area (Å²) < 4.78 is 6.74. The lowest BCUT2D eigenvalue weighted by atomic mass is 9.88. The fourth-order valence-electron chi connectivity index (χ4n) is 4.02. The molecule has 168 valence electrons. The minimum absolute atomic E-state index is 0.0712. The van der Waals surface area contributed by atoms with Gasteiger partial charge in [-0.2, -0.15) is 0 Å². The van der Waals surface area contributed by atoms with E-state index in [1.165, 1.54) is 12.5 Å². The average molecular weight is 448 g/mol. The van der Waals surface area contributed by atoms with Gasteiger partial charge in [-0.3, -0.25) is 14.2 Å². The van der Waals surface area contributed by atoms with Gasteiger partial charge >= 0.3 is 0 Å². The number of hydrogen-bond donors (Lipinski definition) is 2. The van der Waals surface area contributed by atoms with Crippen LogP contribution in [0.1, 0.15) is 42.5 Å². The number of rotatable bonds is 8. The lowest BCUT2D eigenvalue weighted by Gasteiger charge is -2.27. The maximum atomic E-state index is 12.8. The van der Waals surface area contributed by atoms with Crippen molar-refractivity contribution in [3.63, 3.8) is 0 Å². The molecule has 31 heavy (non-hydrogen) atoms. The lowest BCUT2D eigenvalue weighted by Crippen LogP contribution is -2.41. The SMILES string of the molecule is COCCn1c(N(C)c2ccc(Cl)c(C(=O)NC(O)C3CCCCC3)c2)cccc1=O. The zero-order chi connectivity index (χ0) is 22.4. The fourth-order valence-corrected chi connectivity index (χ4v) is 4.22. The number of ether oxygens (including phenoxy) is 1. The Labute approximate surface area is 187 Å². The molecule has 1 aliphatic carbocycles. The van der Waals surface area contributed by atoms with Crippen LogP contribution in [0.5, 0.6) is 0 Å². The van der Waals surface area contributed by atoms with Crippen LogP contribution in [0.15, 0.2) is 41.2 Å². The van der Waals surface area contributed by atoms with E-state index in [-0.39, 0.29) is 17.0 Å². The number of nitrogens with zero attached hydrogens (tertiary/aromatic N) is 2. The van der Waals surface area contributed by atoms with Gasteiger partial charge in [0, 0.05) is 31.8 Å². The highest BCUT2D eigenvalue weighted by Crippen LogP contribution is 2.29. The second kappa shape index (κ2) is 10.8. The van der Waals surface area contributed by atoms with Crippen LogP contribution in [-0.2, 0) is 11.3 Å². The Kier molecular flexibility index (Phi) is 8.12. The standard InChI is InChI=1S/C23H30ClN3O4/c1-26(20-9-6-10-21(28)27(20)13-14-31-2)17-11-12-19(24)18(15-17)23(30)25-22(29)16-7-4-3-5-8-16/h6,9-12,15-16,22,29H,3-5,7-8,13-14H2,1-2H3,(H,25,30). The summed E-state index contributed by atoms with van der Waals surface area (Å²) in [5, 5.41) is 13.5. The largest absolute Gasteiger partial charge is 0.383 e. The molecule has 2 N–H and O–H groups in total. The summed E-state index contributed by atoms with van der Waals surface area (Å²) >= 11 is 6.30. The predicted octanol–water partition coefficient (Wildman–Crippen LogP) is 3.54. The quantitative estimate of drug-likeness (QED) is 0.604. The Morgan fingerprint density at radius 1 is 1.29 bits per heavy atom. The van der Waals surface area contributed by atoms with Gasteiger partial charge in [0.15, 0.2) is 0 Å². The van der Waals surface area contributed by atoms with Gasteiger partial charge in [0.05, 0.1) is 23.7 Å². The first kappa shape index (κ1) is 23.3. The molecule has 1 unspecified atom stereocenters. The molecule has 3 rings (SSSR count). The molecule has 0 bridgehead atoms. The molecule has 1 atom stereocenters. The van der Waals surface area contributed by atoms with Gasteiger partial charge in [-0.25, -0.2) is 0 Å². The minimum Gasteiger partial charge on any atom is -0.383 e. The number of pyridine rings is 1. The first-order valence-corrected chi connectivity index (χ1v) is 11.0. The molecule has 0 aliphatic heterocycles. The number of methoxy groups -OCH3 is 1. The van der Waals surface area contributed by atoms with E-state index in [9.17, 15) is 14.7 Å². The number of halogens is 1. The van der Waals surface area contributed by atoms with Crippen LogP contribution < -0.4 is 15.8 Å². The van der Waals surface area contributed by atoms with Crippen molar-refractivity contribution in [3.05, 3.63) is 57.3 Å². The van der Waals surface area contributed by atoms with Gasteiger partial charge in [-0.15, -0.1) is 0 Å². The zero-order valence-corrected chi connectivity index (χ0v) is 18.8. The van der Waals surface area contributed by atoms with Gasteiger partial charge in [0.25, 0.3) is 11.5 Å². The first-order chi connectivity index (χ1) is 14.9. The third kappa shape index (κ3) is 5.67. The molecule has 1 heterocycles. The van der Waals surface area contributed by atoms with E-state index < -0.39 is 12.1 Å². The summed E-state index contributed by atoms with van der Waals surface area (Å²) in [4.78, 5) is 27.0. The lowest BCUT2D eigenvalue weighted by molar-refractivity contribution is 0.0463. The van der Waals surface area contributed by atoms with Gasteiger partial charge in [0.1, 0.15) is 12.0 Å². The van der Waals surface area contributed by atoms with Crippen molar-refractivity contribution in [2.24, 2.45) is 5.92 Å². The van der Waals surface area contributed by atoms with Crippen molar-refractivity contribution >= 4 is 29.0 Å². The van der Waals surface area contributed by atoms with Crippen LogP contribution in [0.2, 0.25) is 5.02 Å². The highest BCUT2D eigenvalue weighted by atomic mass is 35.5. The molecule has 0 saturated heterocycles. The van der Waals surface area contributed by atoms with E-state index in [1.807, 2.05) is 18.0 Å². The van der Waals surface area contributed by atoms with E-state index in [4.69, 9.17) is 16.3 Å². The number of carbonyl (C=O) groups excluding carboxylic acids is 1. The summed E-state index contributed by atoms with van der Waals surface area (Å²) in [6.45, 7) is 0.808. The van der Waals surface area contributed by atoms with E-state index in [0.717, 1.165) is 25.7 Å². The maximum absolute atomic E-state index is 12.8. The van der Waals surface area contributed by atoms with Crippen molar-refractivity contribution in [3.8, 4) is 0 Å². The number of anilines is 2. The molecule has 7 nitrogen and oxygen atoms in total. The van der Waals surface area contributed by atoms with Gasteiger partial charge in [-0.1, -0.05) is 36.9 Å². The summed E-state index contributed by atoms with van der Waals surface area (Å²) in [6.07, 6.45) is 4.24. The zero-order valence-electron chi connectivity index (χ0n) is 18.0. The average Bonchev–Trinajstić information content (AvgIpc) is 2.78. The summed E-state index contributed by atoms with van der Waals surface area (Å²) in [5.74, 6) is 0.325. The number of nitrogens with one attached hydrogen (secondary N) is 1. The highest BCUT2D eigenvalue weighted by Gasteiger charge is 2.24. The Balaban J connectivity index is 1.83. The molecular weight excluding hydrogens is 418 g/mol. The summed E-state index contributed by atoms with van der Waals surface area (Å²) in [5.41, 5.74) is 0.838. The summed E-state index contributed by atoms with van der Waals surface area (Å²) in [6, 6.07) is 10.1. The fraction of sp³-hybridized carbons (Fsp3) is 0.478. The molecule has 1 aliphatic rings. The van der Waals surface area contributed by atoms with E-state index in [1.54, 1.807) is 35.9 Å². The second-order valence-electron chi connectivity index (χ2n) is 7.91. The van der Waals surface area contributed by atoms with E-state index >= 15 is 0 Å². The number of amides is 1. The third-order valence-corrected chi connectivity index (χ3v) is 6.18. The van der Waals surface area contributed by atoms with Gasteiger partial charge < -0.3 is 20.1 Å². The molecule has 1 saturated carbocycles. The van der Waals surface area contributed by atoms with Crippen LogP contribution in [0.4, 0.5) is 11.5 Å². The van der Waals surface area contributed by atoms with Gasteiger partial charge in [0.2, 0.25) is 0 Å². The van der Waals surface area contributed by atoms with Crippen LogP contribution in [-0.4, -0.2) is 42.6 Å². The van der Waals surface area contributed by atoms with Crippen LogP contribution in [0, 0.1) is 5.92 Å². The Morgan fingerprint density at radius 2 is 2.03 bits per heavy atom. The topological polar surface area (TPSA) is 83.8 Å². The number of aliphatic hydroxyl groups is 1. The molecule has 0 spiro atoms. The Bertz CT molecular complexity index is 956. The molecule has 8 heteroatoms. The van der Waals surface area contributed by atoms with Crippen molar-refractivity contribution in [2.75, 3.05) is 25.7 Å². The summed E-state index contributed by atoms with van der Waals surface area (Å²) in [7, 11) is 3.41. The number of hydrogen-bond acceptors (Lipinski definition) is 5. The normalized spacial score (nSPS) is 15.5. The third-order valence-electron chi connectivity index (χ3n) is 5.85. The smallest absolute Gasteiger partial charge is 0.254 e. The van der Waals surface area contributed by atoms with E-state index in [0.29, 0.717) is 29.7 Å². The van der Waals surface area contributed by atoms with E-state index in [2.05, 4.69) is 5.32 Å². The number of benzene rings is 1. The molecule has 1 aromatic carbocycles. The van der Waals surface area contributed by atoms with Crippen molar-refractivity contribution in [1.82, 2.24) is 9.88 Å². The Hall–Kier alpha value is -2.35. The molecular formula is C23H30ClN3O4. The number of carbonyl (C=O) groups is 1. The molecule has 1 fully saturated rings. The minimum atomic E-state index is -0.890. The second-order valence-corrected chi connectivity index (χ2v) is 8.31. The predicted molar refractivity (Wildman–Crippen MR) is 122 cm³/mol.